The van der Waals surface area contributed by atoms with Crippen molar-refractivity contribution in [3.8, 4) is 0 Å². The van der Waals surface area contributed by atoms with Crippen LogP contribution >= 0.6 is 0 Å². The van der Waals surface area contributed by atoms with Gasteiger partial charge in [-0.1, -0.05) is 87.5 Å². The van der Waals surface area contributed by atoms with E-state index in [0.29, 0.717) is 22.3 Å². The first-order chi connectivity index (χ1) is 20.0. The maximum atomic E-state index is 13.8. The average molecular weight is 564 g/mol. The Labute approximate surface area is 247 Å². The van der Waals surface area contributed by atoms with Gasteiger partial charge in [0.1, 0.15) is 0 Å². The number of allylic oxidation sites excluding steroid dienone is 4. The van der Waals surface area contributed by atoms with Gasteiger partial charge in [-0.25, -0.2) is 0 Å². The van der Waals surface area contributed by atoms with Crippen molar-refractivity contribution in [3.05, 3.63) is 118 Å². The predicted octanol–water partition coefficient (Wildman–Crippen LogP) is 7.30. The highest BCUT2D eigenvalue weighted by Crippen LogP contribution is 2.29. The van der Waals surface area contributed by atoms with E-state index in [9.17, 15) is 19.2 Å². The number of Topliss-reactive ketones (excluding diaryl/α,β-unsaturated/α-hetero) is 1. The molecule has 42 heavy (non-hydrogen) atoms. The largest absolute Gasteiger partial charge is 0.481 e. The second kappa shape index (κ2) is 13.4. The SMILES string of the molecule is CC(C)(C)c1ccc(C(=O)/C=C(\C(=O)c2ccc(C(=O)NCCC(=O)O)cc2)c2ccc(C3=CCCCC3)cc2)cc1. The van der Waals surface area contributed by atoms with Crippen molar-refractivity contribution in [2.45, 2.75) is 58.3 Å². The zero-order valence-electron chi connectivity index (χ0n) is 24.4. The summed E-state index contributed by atoms with van der Waals surface area (Å²) in [5, 5.41) is 11.3. The van der Waals surface area contributed by atoms with Crippen molar-refractivity contribution in [1.29, 1.82) is 0 Å². The summed E-state index contributed by atoms with van der Waals surface area (Å²) in [6.45, 7) is 6.34. The Bertz CT molecular complexity index is 1520. The fraction of sp³-hybridized carbons (Fsp3) is 0.278. The van der Waals surface area contributed by atoms with Crippen LogP contribution in [0.3, 0.4) is 0 Å². The molecule has 6 nitrogen and oxygen atoms in total. The first kappa shape index (κ1) is 30.4. The monoisotopic (exact) mass is 563 g/mol. The van der Waals surface area contributed by atoms with Crippen molar-refractivity contribution >= 4 is 34.6 Å². The van der Waals surface area contributed by atoms with Crippen LogP contribution in [0.5, 0.6) is 0 Å². The van der Waals surface area contributed by atoms with Gasteiger partial charge < -0.3 is 10.4 Å². The Morgan fingerprint density at radius 2 is 1.38 bits per heavy atom. The molecule has 0 atom stereocenters. The van der Waals surface area contributed by atoms with E-state index in [1.54, 1.807) is 24.3 Å². The topological polar surface area (TPSA) is 101 Å². The number of nitrogens with one attached hydrogen (secondary N) is 1. The summed E-state index contributed by atoms with van der Waals surface area (Å²) < 4.78 is 0. The van der Waals surface area contributed by atoms with E-state index in [4.69, 9.17) is 5.11 Å². The summed E-state index contributed by atoms with van der Waals surface area (Å²) in [6.07, 6.45) is 7.94. The summed E-state index contributed by atoms with van der Waals surface area (Å²) in [5.74, 6) is -2.03. The molecule has 0 aromatic heterocycles. The molecular formula is C36H37NO5. The van der Waals surface area contributed by atoms with Gasteiger partial charge in [0, 0.05) is 28.8 Å². The zero-order valence-corrected chi connectivity index (χ0v) is 24.4. The Kier molecular flexibility index (Phi) is 9.68. The number of benzene rings is 3. The normalized spacial score (nSPS) is 13.7. The van der Waals surface area contributed by atoms with Crippen LogP contribution in [0.1, 0.15) is 101 Å². The van der Waals surface area contributed by atoms with Gasteiger partial charge in [-0.3, -0.25) is 19.2 Å². The molecule has 0 aliphatic heterocycles. The van der Waals surface area contributed by atoms with E-state index >= 15 is 0 Å². The summed E-state index contributed by atoms with van der Waals surface area (Å²) in [5.41, 5.74) is 5.51. The third-order valence-electron chi connectivity index (χ3n) is 7.45. The first-order valence-corrected chi connectivity index (χ1v) is 14.3. The van der Waals surface area contributed by atoms with Gasteiger partial charge in [0.2, 0.25) is 0 Å². The van der Waals surface area contributed by atoms with Gasteiger partial charge in [0.05, 0.1) is 6.42 Å². The number of carbonyl (C=O) groups is 4. The minimum absolute atomic E-state index is 0.00742. The quantitative estimate of drug-likeness (QED) is 0.199. The van der Waals surface area contributed by atoms with Crippen LogP contribution in [-0.2, 0) is 10.2 Å². The van der Waals surface area contributed by atoms with Crippen LogP contribution in [-0.4, -0.2) is 35.1 Å². The van der Waals surface area contributed by atoms with Crippen molar-refractivity contribution in [2.24, 2.45) is 0 Å². The molecule has 0 spiro atoms. The molecule has 0 saturated heterocycles. The van der Waals surface area contributed by atoms with E-state index in [1.807, 2.05) is 36.4 Å². The second-order valence-corrected chi connectivity index (χ2v) is 11.6. The number of rotatable bonds is 10. The van der Waals surface area contributed by atoms with E-state index in [2.05, 4.69) is 32.2 Å². The van der Waals surface area contributed by atoms with Gasteiger partial charge in [-0.15, -0.1) is 0 Å². The third kappa shape index (κ3) is 7.78. The van der Waals surface area contributed by atoms with Gasteiger partial charge in [-0.05, 0) is 71.6 Å². The van der Waals surface area contributed by atoms with Gasteiger partial charge >= 0.3 is 5.97 Å². The molecule has 0 heterocycles. The van der Waals surface area contributed by atoms with E-state index in [0.717, 1.165) is 30.4 Å². The Morgan fingerprint density at radius 3 is 1.95 bits per heavy atom. The third-order valence-corrected chi connectivity index (χ3v) is 7.45. The standard InChI is InChI=1S/C36H37NO5/c1-36(2,3)30-19-17-27(18-20-30)32(38)23-31(26-11-9-25(10-12-26)24-7-5-4-6-8-24)34(41)28-13-15-29(16-14-28)35(42)37-22-21-33(39)40/h7,9-20,23H,4-6,8,21-22H2,1-3H3,(H,37,42)(H,39,40)/b31-23-. The van der Waals surface area contributed by atoms with Crippen LogP contribution in [0.4, 0.5) is 0 Å². The molecule has 6 heteroatoms. The maximum Gasteiger partial charge on any atom is 0.305 e. The fourth-order valence-corrected chi connectivity index (χ4v) is 4.91. The van der Waals surface area contributed by atoms with Crippen molar-refractivity contribution < 1.29 is 24.3 Å². The molecule has 216 valence electrons. The van der Waals surface area contributed by atoms with Crippen molar-refractivity contribution in [3.63, 3.8) is 0 Å². The number of ketones is 2. The lowest BCUT2D eigenvalue weighted by Gasteiger charge is -2.18. The van der Waals surface area contributed by atoms with Crippen LogP contribution in [0, 0.1) is 0 Å². The summed E-state index contributed by atoms with van der Waals surface area (Å²) in [7, 11) is 0. The summed E-state index contributed by atoms with van der Waals surface area (Å²) in [6, 6.07) is 21.4. The second-order valence-electron chi connectivity index (χ2n) is 11.6. The van der Waals surface area contributed by atoms with Crippen molar-refractivity contribution in [1.82, 2.24) is 5.32 Å². The number of carbonyl (C=O) groups excluding carboxylic acids is 3. The van der Waals surface area contributed by atoms with Crippen LogP contribution in [0.2, 0.25) is 0 Å². The molecular weight excluding hydrogens is 526 g/mol. The highest BCUT2D eigenvalue weighted by molar-refractivity contribution is 6.32. The molecule has 1 amide bonds. The lowest BCUT2D eigenvalue weighted by Crippen LogP contribution is -2.26. The number of hydrogen-bond acceptors (Lipinski definition) is 4. The number of carboxylic acid groups (broad SMARTS) is 1. The average Bonchev–Trinajstić information content (AvgIpc) is 2.99. The molecule has 0 radical (unpaired) electrons. The van der Waals surface area contributed by atoms with E-state index in [1.165, 1.54) is 30.2 Å². The summed E-state index contributed by atoms with van der Waals surface area (Å²) >= 11 is 0. The maximum absolute atomic E-state index is 13.8. The van der Waals surface area contributed by atoms with Gasteiger partial charge in [0.25, 0.3) is 5.91 Å². The predicted molar refractivity (Wildman–Crippen MR) is 166 cm³/mol. The molecule has 0 bridgehead atoms. The molecule has 0 unspecified atom stereocenters. The van der Waals surface area contributed by atoms with E-state index < -0.39 is 11.9 Å². The highest BCUT2D eigenvalue weighted by atomic mass is 16.4. The minimum atomic E-state index is -1.00. The Morgan fingerprint density at radius 1 is 0.786 bits per heavy atom. The number of aliphatic carboxylic acids is 1. The molecule has 1 aliphatic rings. The van der Waals surface area contributed by atoms with Crippen LogP contribution < -0.4 is 5.32 Å². The molecule has 0 saturated carbocycles. The fourth-order valence-electron chi connectivity index (χ4n) is 4.91. The number of hydrogen-bond donors (Lipinski definition) is 2. The zero-order chi connectivity index (χ0) is 30.3. The molecule has 4 rings (SSSR count). The molecule has 2 N–H and O–H groups in total. The molecule has 3 aromatic carbocycles. The minimum Gasteiger partial charge on any atom is -0.481 e. The van der Waals surface area contributed by atoms with Gasteiger partial charge in [-0.2, -0.15) is 0 Å². The number of carboxylic acids is 1. The Hall–Kier alpha value is -4.58. The van der Waals surface area contributed by atoms with Crippen LogP contribution in [0.25, 0.3) is 11.1 Å². The molecule has 0 fully saturated rings. The highest BCUT2D eigenvalue weighted by Gasteiger charge is 2.19. The van der Waals surface area contributed by atoms with Gasteiger partial charge in [0.15, 0.2) is 11.6 Å². The van der Waals surface area contributed by atoms with Crippen molar-refractivity contribution in [2.75, 3.05) is 6.54 Å². The first-order valence-electron chi connectivity index (χ1n) is 14.3. The molecule has 1 aliphatic carbocycles. The van der Waals surface area contributed by atoms with E-state index in [-0.39, 0.29) is 35.5 Å². The lowest BCUT2D eigenvalue weighted by molar-refractivity contribution is -0.136. The summed E-state index contributed by atoms with van der Waals surface area (Å²) in [4.78, 5) is 50.3. The number of amides is 1. The van der Waals surface area contributed by atoms with Crippen LogP contribution in [0.15, 0.2) is 84.9 Å². The lowest BCUT2D eigenvalue weighted by atomic mass is 9.86. The Balaban J connectivity index is 1.64. The smallest absolute Gasteiger partial charge is 0.305 e. The molecule has 3 aromatic rings.